The highest BCUT2D eigenvalue weighted by Gasteiger charge is 2.56. The van der Waals surface area contributed by atoms with Crippen LogP contribution in [0.4, 0.5) is 11.4 Å². The summed E-state index contributed by atoms with van der Waals surface area (Å²) >= 11 is 2.94. The second-order valence-corrected chi connectivity index (χ2v) is 23.6. The van der Waals surface area contributed by atoms with E-state index in [-0.39, 0.29) is 54.3 Å². The Labute approximate surface area is 521 Å². The van der Waals surface area contributed by atoms with Crippen molar-refractivity contribution in [2.75, 3.05) is 66.5 Å². The standard InChI is InChI=1S/C59H79N7O21S2/c1-33(68)63-41-17-13-39(14-18-41)55(80)61-30-46(75)50(77)52-48(65-35(3)70)44(73)28-58(32-67,86-52)84-22-6-26-89-27-21-60-54(79)38-11-9-37(10-12-38)43(72)8-5-24-88-25-7-23-85-59(57(82)83)29-45(74)49(66-36(4)71)53(87-59)51(78)47(76)31-62-56(81)40-15-19-42(20-16-40)64-34(2)69/h9-20,32,44-53,73-78H,5-8,21-31H2,1-4H3,(H,60,79)(H,61,80)(H,62,81)(H,63,68)(H,64,69)(H,65,70)(H,66,71)(H,82,83)/t44-,45-,46+,47+,48+,49+,50+,51+,52+,53+,58+,59+/m0/s1. The van der Waals surface area contributed by atoms with Crippen LogP contribution in [0.5, 0.6) is 0 Å². The maximum absolute atomic E-state index is 13.0. The van der Waals surface area contributed by atoms with Crippen LogP contribution in [0.3, 0.4) is 0 Å². The van der Waals surface area contributed by atoms with Crippen molar-refractivity contribution in [2.45, 2.75) is 139 Å². The Morgan fingerprint density at radius 3 is 1.44 bits per heavy atom. The first-order valence-corrected chi connectivity index (χ1v) is 30.9. The summed E-state index contributed by atoms with van der Waals surface area (Å²) in [5.74, 6) is -7.77. The van der Waals surface area contributed by atoms with Crippen molar-refractivity contribution in [3.63, 3.8) is 0 Å². The third kappa shape index (κ3) is 22.5. The van der Waals surface area contributed by atoms with Gasteiger partial charge in [0.1, 0.15) is 24.4 Å². The fourth-order valence-corrected chi connectivity index (χ4v) is 11.2. The number of thioether (sulfide) groups is 2. The highest BCUT2D eigenvalue weighted by molar-refractivity contribution is 7.99. The van der Waals surface area contributed by atoms with Crippen LogP contribution in [0, 0.1) is 0 Å². The van der Waals surface area contributed by atoms with E-state index in [1.54, 1.807) is 12.1 Å². The number of anilines is 2. The van der Waals surface area contributed by atoms with E-state index in [4.69, 9.17) is 18.9 Å². The van der Waals surface area contributed by atoms with Gasteiger partial charge in [-0.1, -0.05) is 12.1 Å². The van der Waals surface area contributed by atoms with Gasteiger partial charge in [-0.15, -0.1) is 0 Å². The molecule has 2 heterocycles. The zero-order valence-corrected chi connectivity index (χ0v) is 51.2. The molecule has 2 aliphatic rings. The summed E-state index contributed by atoms with van der Waals surface area (Å²) in [6.07, 6.45) is -13.0. The Balaban J connectivity index is 0.975. The van der Waals surface area contributed by atoms with Gasteiger partial charge >= 0.3 is 5.97 Å². The molecule has 2 aliphatic heterocycles. The van der Waals surface area contributed by atoms with Crippen LogP contribution in [-0.2, 0) is 47.7 Å². The predicted octanol–water partition coefficient (Wildman–Crippen LogP) is -0.135. The van der Waals surface area contributed by atoms with E-state index in [0.29, 0.717) is 77.6 Å². The number of rotatable bonds is 35. The van der Waals surface area contributed by atoms with Gasteiger partial charge in [-0.2, -0.15) is 23.5 Å². The molecule has 0 aliphatic carbocycles. The second kappa shape index (κ2) is 35.5. The number of carboxylic acid groups (broad SMARTS) is 1. The Hall–Kier alpha value is -6.94. The molecule has 0 spiro atoms. The van der Waals surface area contributed by atoms with Crippen LogP contribution in [0.2, 0.25) is 0 Å². The van der Waals surface area contributed by atoms with Gasteiger partial charge in [0.2, 0.25) is 29.4 Å². The number of aldehydes is 1. The Kier molecular flexibility index (Phi) is 29.0. The lowest BCUT2D eigenvalue weighted by Crippen LogP contribution is -2.68. The molecular formula is C59H79N7O21S2. The van der Waals surface area contributed by atoms with Gasteiger partial charge in [0.25, 0.3) is 23.5 Å². The molecule has 0 unspecified atom stereocenters. The quantitative estimate of drug-likeness (QED) is 0.0207. The molecule has 488 valence electrons. The average Bonchev–Trinajstić information content (AvgIpc) is 0.984. The number of carboxylic acids is 1. The van der Waals surface area contributed by atoms with E-state index in [1.807, 2.05) is 0 Å². The number of hydrogen-bond acceptors (Lipinski definition) is 22. The van der Waals surface area contributed by atoms with Gasteiger partial charge in [0, 0.05) is 106 Å². The minimum absolute atomic E-state index is 0.0396. The molecule has 28 nitrogen and oxygen atoms in total. The van der Waals surface area contributed by atoms with E-state index in [2.05, 4.69) is 37.2 Å². The molecule has 30 heteroatoms. The number of aliphatic hydroxyl groups excluding tert-OH is 6. The van der Waals surface area contributed by atoms with Gasteiger partial charge in [-0.05, 0) is 97.2 Å². The van der Waals surface area contributed by atoms with Gasteiger partial charge in [-0.3, -0.25) is 43.2 Å². The first kappa shape index (κ1) is 72.8. The third-order valence-corrected chi connectivity index (χ3v) is 16.2. The number of ketones is 1. The fraction of sp³-hybridized carbons (Fsp3) is 0.525. The van der Waals surface area contributed by atoms with E-state index in [0.717, 1.165) is 6.92 Å². The lowest BCUT2D eigenvalue weighted by atomic mass is 9.88. The molecule has 12 atom stereocenters. The number of nitrogens with one attached hydrogen (secondary N) is 7. The first-order chi connectivity index (χ1) is 42.3. The zero-order valence-electron chi connectivity index (χ0n) is 49.5. The maximum atomic E-state index is 13.0. The summed E-state index contributed by atoms with van der Waals surface area (Å²) in [5, 5.41) is 94.5. The number of benzene rings is 3. The van der Waals surface area contributed by atoms with Crippen LogP contribution >= 0.6 is 23.5 Å². The summed E-state index contributed by atoms with van der Waals surface area (Å²) in [5.41, 5.74) is 1.99. The lowest BCUT2D eigenvalue weighted by molar-refractivity contribution is -0.310. The zero-order chi connectivity index (χ0) is 65.4. The van der Waals surface area contributed by atoms with Crippen molar-refractivity contribution in [2.24, 2.45) is 0 Å². The Morgan fingerprint density at radius 1 is 0.562 bits per heavy atom. The molecule has 0 aromatic heterocycles. The molecule has 89 heavy (non-hydrogen) atoms. The van der Waals surface area contributed by atoms with Crippen LogP contribution in [0.1, 0.15) is 108 Å². The highest BCUT2D eigenvalue weighted by atomic mass is 32.2. The summed E-state index contributed by atoms with van der Waals surface area (Å²) in [6.45, 7) is 3.99. The van der Waals surface area contributed by atoms with Crippen molar-refractivity contribution < 1.29 is 103 Å². The maximum Gasteiger partial charge on any atom is 0.364 e. The number of amides is 7. The second-order valence-electron chi connectivity index (χ2n) is 21.2. The molecule has 5 rings (SSSR count). The Bertz CT molecular complexity index is 2890. The molecule has 0 radical (unpaired) electrons. The molecule has 2 saturated heterocycles. The van der Waals surface area contributed by atoms with Crippen molar-refractivity contribution in [3.8, 4) is 0 Å². The van der Waals surface area contributed by atoms with Crippen molar-refractivity contribution >= 4 is 94.3 Å². The molecule has 3 aromatic carbocycles. The molecule has 2 fully saturated rings. The lowest BCUT2D eigenvalue weighted by Gasteiger charge is -2.46. The first-order valence-electron chi connectivity index (χ1n) is 28.6. The van der Waals surface area contributed by atoms with Crippen LogP contribution < -0.4 is 37.2 Å². The van der Waals surface area contributed by atoms with Crippen molar-refractivity contribution in [1.82, 2.24) is 26.6 Å². The predicted molar refractivity (Wildman–Crippen MR) is 324 cm³/mol. The number of Topliss-reactive ketones (excluding diaryl/α,β-unsaturated/α-hetero) is 1. The smallest absolute Gasteiger partial charge is 0.364 e. The highest BCUT2D eigenvalue weighted by Crippen LogP contribution is 2.35. The van der Waals surface area contributed by atoms with Crippen LogP contribution in [-0.4, -0.2) is 223 Å². The van der Waals surface area contributed by atoms with Gasteiger partial charge in [-0.25, -0.2) is 4.79 Å². The van der Waals surface area contributed by atoms with Gasteiger partial charge in [0.05, 0.1) is 49.7 Å². The summed E-state index contributed by atoms with van der Waals surface area (Å²) in [7, 11) is 0. The minimum Gasteiger partial charge on any atom is -0.477 e. The number of ether oxygens (including phenoxy) is 4. The van der Waals surface area contributed by atoms with Crippen LogP contribution in [0.15, 0.2) is 72.8 Å². The average molecular weight is 1290 g/mol. The minimum atomic E-state index is -2.49. The molecule has 0 bridgehead atoms. The number of aliphatic carboxylic acids is 1. The van der Waals surface area contributed by atoms with Gasteiger partial charge < -0.3 is 91.9 Å². The van der Waals surface area contributed by atoms with E-state index < -0.39 is 128 Å². The number of carbonyl (C=O) groups excluding carboxylic acids is 9. The normalized spacial score (nSPS) is 22.8. The van der Waals surface area contributed by atoms with E-state index >= 15 is 0 Å². The van der Waals surface area contributed by atoms with E-state index in [1.165, 1.54) is 105 Å². The molecule has 14 N–H and O–H groups in total. The number of hydrogen-bond donors (Lipinski definition) is 14. The third-order valence-electron chi connectivity index (χ3n) is 14.0. The van der Waals surface area contributed by atoms with Gasteiger partial charge in [0.15, 0.2) is 12.1 Å². The number of aliphatic hydroxyl groups is 6. The van der Waals surface area contributed by atoms with Crippen LogP contribution in [0.25, 0.3) is 0 Å². The molecule has 7 amide bonds. The molecule has 3 aromatic rings. The summed E-state index contributed by atoms with van der Waals surface area (Å²) in [6, 6.07) is 15.3. The molecule has 0 saturated carbocycles. The Morgan fingerprint density at radius 2 is 0.978 bits per heavy atom. The fourth-order valence-electron chi connectivity index (χ4n) is 9.57. The van der Waals surface area contributed by atoms with Crippen molar-refractivity contribution in [3.05, 3.63) is 95.1 Å². The summed E-state index contributed by atoms with van der Waals surface area (Å²) < 4.78 is 23.3. The summed E-state index contributed by atoms with van der Waals surface area (Å²) in [4.78, 5) is 123. The number of carbonyl (C=O) groups is 10. The van der Waals surface area contributed by atoms with Crippen molar-refractivity contribution in [1.29, 1.82) is 0 Å². The monoisotopic (exact) mass is 1290 g/mol. The SMILES string of the molecule is CC(=O)Nc1ccc(C(=O)NC[C@@H](O)[C@@H](O)[C@@H]2O[C@](C=O)(OCCCSCCNC(=O)c3ccc(C(=O)CCCSCCCO[C@]4(C(=O)O)C[C@H](O)[C@@H](NC(C)=O)[C@H]([C@H](O)[C@H](O)CNC(=O)c5ccc(NC(C)=O)cc5)O4)cc3)C[C@H](O)[C@H]2NC(C)=O)cc1. The topological polar surface area (TPSA) is 433 Å². The van der Waals surface area contributed by atoms with E-state index in [9.17, 15) is 83.7 Å². The molecular weight excluding hydrogens is 1210 g/mol. The largest absolute Gasteiger partial charge is 0.477 e.